The van der Waals surface area contributed by atoms with Gasteiger partial charge in [-0.1, -0.05) is 35.1 Å². The maximum Gasteiger partial charge on any atom is 0.180 e. The molecule has 3 rings (SSSR count). The quantitative estimate of drug-likeness (QED) is 0.890. The normalized spacial score (nSPS) is 19.6. The molecule has 0 amide bonds. The summed E-state index contributed by atoms with van der Waals surface area (Å²) in [6.45, 7) is 9.42. The lowest BCUT2D eigenvalue weighted by atomic mass is 10.0. The number of fused-ring (bicyclic) bond motifs is 1. The summed E-state index contributed by atoms with van der Waals surface area (Å²) in [6, 6.07) is 0. The summed E-state index contributed by atoms with van der Waals surface area (Å²) in [4.78, 5) is 10.7. The van der Waals surface area contributed by atoms with Gasteiger partial charge in [0.1, 0.15) is 0 Å². The number of anilines is 1. The topological polar surface area (TPSA) is 79.7 Å². The molecule has 22 heavy (non-hydrogen) atoms. The molecule has 3 heterocycles. The first-order valence-corrected chi connectivity index (χ1v) is 7.64. The van der Waals surface area contributed by atoms with Crippen LogP contribution in [0.25, 0.3) is 5.65 Å². The van der Waals surface area contributed by atoms with E-state index < -0.39 is 5.54 Å². The average molecular weight is 309 g/mol. The van der Waals surface area contributed by atoms with Crippen LogP contribution in [0.3, 0.4) is 0 Å². The van der Waals surface area contributed by atoms with Gasteiger partial charge in [0, 0.05) is 37.9 Å². The van der Waals surface area contributed by atoms with Crippen LogP contribution in [0.2, 0.25) is 0 Å². The van der Waals surface area contributed by atoms with Crippen molar-refractivity contribution in [2.45, 2.75) is 47.1 Å². The third kappa shape index (κ3) is 4.18. The van der Waals surface area contributed by atoms with E-state index in [0.717, 1.165) is 24.4 Å². The molecule has 1 fully saturated rings. The molecule has 0 saturated carbocycles. The second-order valence-corrected chi connectivity index (χ2v) is 4.60. The monoisotopic (exact) mass is 309 g/mol. The van der Waals surface area contributed by atoms with E-state index in [9.17, 15) is 5.11 Å². The Morgan fingerprint density at radius 2 is 1.77 bits per heavy atom. The molecule has 1 atom stereocenters. The number of aromatic nitrogens is 3. The Hall–Kier alpha value is -1.66. The minimum Gasteiger partial charge on any atom is -0.394 e. The van der Waals surface area contributed by atoms with Crippen molar-refractivity contribution < 1.29 is 5.11 Å². The van der Waals surface area contributed by atoms with Crippen LogP contribution < -0.4 is 10.6 Å². The molecule has 0 bridgehead atoms. The van der Waals surface area contributed by atoms with Crippen LogP contribution in [0.4, 0.5) is 5.82 Å². The molecule has 0 radical (unpaired) electrons. The molecule has 6 nitrogen and oxygen atoms in total. The Kier molecular flexibility index (Phi) is 8.67. The Bertz CT molecular complexity index is 542. The molecule has 1 saturated heterocycles. The third-order valence-electron chi connectivity index (χ3n) is 3.29. The van der Waals surface area contributed by atoms with E-state index in [2.05, 4.69) is 14.9 Å². The summed E-state index contributed by atoms with van der Waals surface area (Å²) < 4.78 is 1.93. The van der Waals surface area contributed by atoms with Gasteiger partial charge in [-0.2, -0.15) is 0 Å². The van der Waals surface area contributed by atoms with Crippen LogP contribution in [0.1, 0.15) is 41.5 Å². The zero-order valence-corrected chi connectivity index (χ0v) is 13.5. The van der Waals surface area contributed by atoms with Gasteiger partial charge in [-0.05, 0) is 6.42 Å². The Balaban J connectivity index is 0.000000819. The number of imidazole rings is 1. The van der Waals surface area contributed by atoms with E-state index in [1.54, 1.807) is 12.4 Å². The predicted octanol–water partition coefficient (Wildman–Crippen LogP) is 2.32. The molecule has 126 valence electrons. The lowest BCUT2D eigenvalue weighted by molar-refractivity contribution is 0.210. The van der Waals surface area contributed by atoms with Gasteiger partial charge >= 0.3 is 0 Å². The number of rotatable bonds is 2. The van der Waals surface area contributed by atoms with E-state index in [4.69, 9.17) is 5.73 Å². The van der Waals surface area contributed by atoms with Gasteiger partial charge in [-0.25, -0.2) is 9.97 Å². The van der Waals surface area contributed by atoms with Gasteiger partial charge < -0.3 is 20.1 Å². The van der Waals surface area contributed by atoms with Gasteiger partial charge in [-0.3, -0.25) is 0 Å². The summed E-state index contributed by atoms with van der Waals surface area (Å²) in [5.74, 6) is 0.832. The van der Waals surface area contributed by atoms with Crippen LogP contribution in [-0.2, 0) is 0 Å². The zero-order valence-electron chi connectivity index (χ0n) is 13.5. The van der Waals surface area contributed by atoms with Crippen LogP contribution in [0.5, 0.6) is 0 Å². The number of nitrogens with zero attached hydrogens (tertiary/aromatic N) is 4. The molecule has 0 spiro atoms. The fourth-order valence-electron chi connectivity index (χ4n) is 2.27. The van der Waals surface area contributed by atoms with Crippen molar-refractivity contribution in [1.82, 2.24) is 14.4 Å². The molecule has 0 aliphatic carbocycles. The average Bonchev–Trinajstić information content (AvgIpc) is 3.18. The van der Waals surface area contributed by atoms with E-state index in [0.29, 0.717) is 6.54 Å². The smallest absolute Gasteiger partial charge is 0.180 e. The van der Waals surface area contributed by atoms with Gasteiger partial charge in [0.05, 0.1) is 12.1 Å². The highest BCUT2D eigenvalue weighted by molar-refractivity contribution is 5.64. The molecule has 1 aliphatic rings. The fraction of sp³-hybridized carbons (Fsp3) is 0.625. The molecule has 2 aromatic heterocycles. The molecule has 6 heteroatoms. The summed E-state index contributed by atoms with van der Waals surface area (Å²) in [5.41, 5.74) is 6.37. The van der Waals surface area contributed by atoms with Crippen LogP contribution in [0, 0.1) is 0 Å². The number of aliphatic hydroxyl groups excluding tert-OH is 1. The van der Waals surface area contributed by atoms with Crippen molar-refractivity contribution in [2.75, 3.05) is 24.6 Å². The van der Waals surface area contributed by atoms with Crippen LogP contribution in [0.15, 0.2) is 24.8 Å². The highest BCUT2D eigenvalue weighted by Crippen LogP contribution is 2.25. The first kappa shape index (κ1) is 20.3. The maximum atomic E-state index is 9.27. The lowest BCUT2D eigenvalue weighted by Gasteiger charge is -2.22. The Labute approximate surface area is 134 Å². The predicted molar refractivity (Wildman–Crippen MR) is 93.2 cm³/mol. The third-order valence-corrected chi connectivity index (χ3v) is 3.29. The molecular weight excluding hydrogens is 278 g/mol. The Morgan fingerprint density at radius 1 is 1.18 bits per heavy atom. The zero-order chi connectivity index (χ0) is 15.9. The van der Waals surface area contributed by atoms with Gasteiger partial charge in [0.25, 0.3) is 0 Å². The summed E-state index contributed by atoms with van der Waals surface area (Å²) >= 11 is 0. The van der Waals surface area contributed by atoms with Gasteiger partial charge in [0.15, 0.2) is 11.5 Å². The number of aliphatic hydroxyl groups is 1. The van der Waals surface area contributed by atoms with Crippen molar-refractivity contribution in [1.29, 1.82) is 0 Å². The molecule has 1 aliphatic heterocycles. The minimum atomic E-state index is -0.513. The maximum absolute atomic E-state index is 9.27. The fourth-order valence-corrected chi connectivity index (χ4v) is 2.27. The molecule has 1 unspecified atom stereocenters. The van der Waals surface area contributed by atoms with Crippen molar-refractivity contribution in [3.05, 3.63) is 24.8 Å². The van der Waals surface area contributed by atoms with Crippen molar-refractivity contribution in [3.63, 3.8) is 0 Å². The second kappa shape index (κ2) is 9.38. The summed E-state index contributed by atoms with van der Waals surface area (Å²) in [5, 5.41) is 9.27. The van der Waals surface area contributed by atoms with Crippen molar-refractivity contribution in [2.24, 2.45) is 5.73 Å². The standard InChI is InChI=1S/C11H15N5O.2C2H6.CH4/c12-11(8-17)1-4-16(7-11)10-9-13-2-5-15(9)6-3-14-10;2*1-2;/h2-3,5-6,17H,1,4,7-8,12H2;2*1-2H3;1H4. The first-order chi connectivity index (χ1) is 10.2. The van der Waals surface area contributed by atoms with E-state index in [-0.39, 0.29) is 14.0 Å². The SMILES string of the molecule is C.CC.CC.NC1(CO)CCN(c2nccn3ccnc23)C1. The molecule has 2 aromatic rings. The summed E-state index contributed by atoms with van der Waals surface area (Å²) in [6.07, 6.45) is 8.02. The second-order valence-electron chi connectivity index (χ2n) is 4.60. The van der Waals surface area contributed by atoms with Crippen LogP contribution >= 0.6 is 0 Å². The summed E-state index contributed by atoms with van der Waals surface area (Å²) in [7, 11) is 0. The van der Waals surface area contributed by atoms with E-state index >= 15 is 0 Å². The number of nitrogens with two attached hydrogens (primary N) is 1. The highest BCUT2D eigenvalue weighted by Gasteiger charge is 2.35. The van der Waals surface area contributed by atoms with Gasteiger partial charge in [0.2, 0.25) is 0 Å². The molecular formula is C16H31N5O. The minimum absolute atomic E-state index is 0. The van der Waals surface area contributed by atoms with Crippen molar-refractivity contribution in [3.8, 4) is 0 Å². The lowest BCUT2D eigenvalue weighted by Crippen LogP contribution is -2.46. The number of hydrogen-bond donors (Lipinski definition) is 2. The van der Waals surface area contributed by atoms with Crippen molar-refractivity contribution >= 4 is 11.5 Å². The van der Waals surface area contributed by atoms with E-state index in [1.807, 2.05) is 44.5 Å². The number of hydrogen-bond acceptors (Lipinski definition) is 5. The first-order valence-electron chi connectivity index (χ1n) is 7.64. The molecule has 3 N–H and O–H groups in total. The largest absolute Gasteiger partial charge is 0.394 e. The highest BCUT2D eigenvalue weighted by atomic mass is 16.3. The Morgan fingerprint density at radius 3 is 2.32 bits per heavy atom. The van der Waals surface area contributed by atoms with E-state index in [1.165, 1.54) is 0 Å². The van der Waals surface area contributed by atoms with Gasteiger partial charge in [-0.15, -0.1) is 0 Å². The van der Waals surface area contributed by atoms with Crippen LogP contribution in [-0.4, -0.2) is 44.7 Å². The molecule has 0 aromatic carbocycles.